The first-order chi connectivity index (χ1) is 16.8. The van der Waals surface area contributed by atoms with Crippen molar-refractivity contribution < 1.29 is 13.9 Å². The molecule has 1 aliphatic rings. The van der Waals surface area contributed by atoms with E-state index in [1.807, 2.05) is 12.3 Å². The Morgan fingerprint density at radius 1 is 0.943 bits per heavy atom. The van der Waals surface area contributed by atoms with Crippen LogP contribution in [0.1, 0.15) is 43.7 Å². The van der Waals surface area contributed by atoms with Crippen LogP contribution in [-0.4, -0.2) is 33.1 Å². The lowest BCUT2D eigenvalue weighted by Crippen LogP contribution is -2.26. The van der Waals surface area contributed by atoms with E-state index in [0.717, 1.165) is 32.1 Å². The number of pyridine rings is 3. The van der Waals surface area contributed by atoms with E-state index in [2.05, 4.69) is 31.7 Å². The van der Waals surface area contributed by atoms with Gasteiger partial charge in [0.2, 0.25) is 0 Å². The summed E-state index contributed by atoms with van der Waals surface area (Å²) in [5.74, 6) is 0.296. The molecule has 1 aliphatic heterocycles. The van der Waals surface area contributed by atoms with Gasteiger partial charge in [0, 0.05) is 23.3 Å². The highest BCUT2D eigenvalue weighted by Crippen LogP contribution is 2.34. The van der Waals surface area contributed by atoms with Gasteiger partial charge in [0.25, 0.3) is 0 Å². The summed E-state index contributed by atoms with van der Waals surface area (Å²) in [7, 11) is 0. The molecule has 0 aliphatic carbocycles. The maximum absolute atomic E-state index is 15.0. The first kappa shape index (κ1) is 23.3. The maximum Gasteiger partial charge on any atom is 0.150 e. The average molecular weight is 476 g/mol. The molecule has 0 spiro atoms. The number of hydrogen-bond donors (Lipinski definition) is 3. The van der Waals surface area contributed by atoms with Crippen LogP contribution in [0.5, 0.6) is 0 Å². The molecule has 6 nitrogen and oxygen atoms in total. The average Bonchev–Trinajstić information content (AvgIpc) is 2.85. The van der Waals surface area contributed by atoms with Gasteiger partial charge in [-0.1, -0.05) is 6.07 Å². The van der Waals surface area contributed by atoms with Crippen molar-refractivity contribution in [1.29, 1.82) is 0 Å². The zero-order valence-corrected chi connectivity index (χ0v) is 19.6. The first-order valence-electron chi connectivity index (χ1n) is 11.7. The van der Waals surface area contributed by atoms with E-state index in [0.29, 0.717) is 34.1 Å². The van der Waals surface area contributed by atoms with Crippen LogP contribution in [0.3, 0.4) is 0 Å². The zero-order chi connectivity index (χ0) is 24.6. The molecule has 0 unspecified atom stereocenters. The van der Waals surface area contributed by atoms with E-state index >= 15 is 0 Å². The van der Waals surface area contributed by atoms with Crippen LogP contribution >= 0.6 is 0 Å². The number of aliphatic hydroxyl groups is 1. The van der Waals surface area contributed by atoms with Crippen LogP contribution in [0.4, 0.5) is 20.4 Å². The van der Waals surface area contributed by atoms with Gasteiger partial charge in [-0.05, 0) is 92.7 Å². The van der Waals surface area contributed by atoms with Gasteiger partial charge in [-0.3, -0.25) is 4.98 Å². The van der Waals surface area contributed by atoms with E-state index in [-0.39, 0.29) is 11.1 Å². The number of anilines is 2. The Labute approximate surface area is 202 Å². The second kappa shape index (κ2) is 9.28. The highest BCUT2D eigenvalue weighted by Gasteiger charge is 2.22. The number of fused-ring (bicyclic) bond motifs is 1. The fourth-order valence-corrected chi connectivity index (χ4v) is 4.64. The van der Waals surface area contributed by atoms with Crippen molar-refractivity contribution in [1.82, 2.24) is 20.3 Å². The standard InChI is InChI=1S/C27H27F2N5O/c1-27(2,35)21-7-10-31-26-20(21)11-18(12-22(26)28)19-13-25(33-15-23(19)29)34-24-4-3-17(14-32-24)16-5-8-30-9-6-16/h3-4,7,10-16,30,35H,5-6,8-9H2,1-2H3,(H,32,33,34). The van der Waals surface area contributed by atoms with Crippen molar-refractivity contribution >= 4 is 22.5 Å². The smallest absolute Gasteiger partial charge is 0.150 e. The van der Waals surface area contributed by atoms with Crippen LogP contribution in [0.2, 0.25) is 0 Å². The van der Waals surface area contributed by atoms with Crippen LogP contribution < -0.4 is 10.6 Å². The number of benzene rings is 1. The molecule has 8 heteroatoms. The van der Waals surface area contributed by atoms with E-state index in [1.165, 1.54) is 23.9 Å². The van der Waals surface area contributed by atoms with E-state index in [4.69, 9.17) is 0 Å². The number of piperidine rings is 1. The third kappa shape index (κ3) is 4.85. The summed E-state index contributed by atoms with van der Waals surface area (Å²) < 4.78 is 29.8. The molecule has 35 heavy (non-hydrogen) atoms. The lowest BCUT2D eigenvalue weighted by Gasteiger charge is -2.22. The third-order valence-electron chi connectivity index (χ3n) is 6.48. The molecular formula is C27H27F2N5O. The number of nitrogens with zero attached hydrogens (tertiary/aromatic N) is 3. The summed E-state index contributed by atoms with van der Waals surface area (Å²) in [6.07, 6.45) is 6.60. The minimum absolute atomic E-state index is 0.124. The first-order valence-corrected chi connectivity index (χ1v) is 11.7. The van der Waals surface area contributed by atoms with Crippen LogP contribution in [0, 0.1) is 11.6 Å². The van der Waals surface area contributed by atoms with E-state index in [9.17, 15) is 13.9 Å². The van der Waals surface area contributed by atoms with Gasteiger partial charge in [0.05, 0.1) is 11.8 Å². The van der Waals surface area contributed by atoms with E-state index in [1.54, 1.807) is 26.0 Å². The van der Waals surface area contributed by atoms with Crippen LogP contribution in [0.15, 0.2) is 55.0 Å². The molecule has 0 amide bonds. The Hall–Kier alpha value is -3.49. The number of hydrogen-bond acceptors (Lipinski definition) is 6. The minimum atomic E-state index is -1.22. The van der Waals surface area contributed by atoms with Crippen molar-refractivity contribution in [3.63, 3.8) is 0 Å². The quantitative estimate of drug-likeness (QED) is 0.358. The lowest BCUT2D eigenvalue weighted by molar-refractivity contribution is 0.0801. The van der Waals surface area contributed by atoms with Crippen molar-refractivity contribution in [2.24, 2.45) is 0 Å². The molecule has 1 saturated heterocycles. The summed E-state index contributed by atoms with van der Waals surface area (Å²) in [5.41, 5.74) is 1.12. The minimum Gasteiger partial charge on any atom is -0.386 e. The SMILES string of the molecule is CC(C)(O)c1ccnc2c(F)cc(-c3cc(Nc4ccc(C5CCNCC5)cn4)ncc3F)cc12. The molecule has 4 aromatic rings. The second-order valence-corrected chi connectivity index (χ2v) is 9.45. The maximum atomic E-state index is 15.0. The molecule has 0 radical (unpaired) electrons. The molecule has 1 fully saturated rings. The van der Waals surface area contributed by atoms with Gasteiger partial charge in [0.15, 0.2) is 0 Å². The summed E-state index contributed by atoms with van der Waals surface area (Å²) in [5, 5.41) is 17.5. The third-order valence-corrected chi connectivity index (χ3v) is 6.48. The molecule has 1 aromatic carbocycles. The van der Waals surface area contributed by atoms with E-state index < -0.39 is 17.2 Å². The molecule has 0 saturated carbocycles. The summed E-state index contributed by atoms with van der Waals surface area (Å²) in [6, 6.07) is 10.0. The Balaban J connectivity index is 1.47. The van der Waals surface area contributed by atoms with Gasteiger partial charge >= 0.3 is 0 Å². The Morgan fingerprint density at radius 3 is 2.43 bits per heavy atom. The van der Waals surface area contributed by atoms with Crippen LogP contribution in [0.25, 0.3) is 22.0 Å². The van der Waals surface area contributed by atoms with Crippen molar-refractivity contribution in [3.8, 4) is 11.1 Å². The number of nitrogens with one attached hydrogen (secondary N) is 2. The summed E-state index contributed by atoms with van der Waals surface area (Å²) >= 11 is 0. The normalized spacial score (nSPS) is 14.9. The molecule has 0 bridgehead atoms. The zero-order valence-electron chi connectivity index (χ0n) is 19.6. The molecule has 5 rings (SSSR count). The molecule has 4 heterocycles. The highest BCUT2D eigenvalue weighted by molar-refractivity contribution is 5.88. The molecule has 0 atom stereocenters. The Kier molecular flexibility index (Phi) is 6.17. The van der Waals surface area contributed by atoms with Gasteiger partial charge < -0.3 is 15.7 Å². The molecule has 180 valence electrons. The van der Waals surface area contributed by atoms with Crippen LogP contribution in [-0.2, 0) is 5.60 Å². The molecular weight excluding hydrogens is 448 g/mol. The number of halogens is 2. The topological polar surface area (TPSA) is 83.0 Å². The number of aromatic nitrogens is 3. The predicted molar refractivity (Wildman–Crippen MR) is 132 cm³/mol. The fraction of sp³-hybridized carbons (Fsp3) is 0.296. The van der Waals surface area contributed by atoms with Gasteiger partial charge in [-0.25, -0.2) is 18.7 Å². The van der Waals surface area contributed by atoms with Gasteiger partial charge in [-0.15, -0.1) is 0 Å². The Bertz CT molecular complexity index is 1360. The second-order valence-electron chi connectivity index (χ2n) is 9.45. The molecule has 3 aromatic heterocycles. The van der Waals surface area contributed by atoms with Crippen molar-refractivity contribution in [2.45, 2.75) is 38.2 Å². The predicted octanol–water partition coefficient (Wildman–Crippen LogP) is 5.41. The summed E-state index contributed by atoms with van der Waals surface area (Å²) in [6.45, 7) is 5.25. The van der Waals surface area contributed by atoms with Crippen molar-refractivity contribution in [3.05, 3.63) is 77.8 Å². The highest BCUT2D eigenvalue weighted by atomic mass is 19.1. The number of rotatable bonds is 5. The molecule has 3 N–H and O–H groups in total. The Morgan fingerprint density at radius 2 is 1.71 bits per heavy atom. The summed E-state index contributed by atoms with van der Waals surface area (Å²) in [4.78, 5) is 12.7. The van der Waals surface area contributed by atoms with Gasteiger partial charge in [0.1, 0.15) is 28.8 Å². The lowest BCUT2D eigenvalue weighted by atomic mass is 9.91. The van der Waals surface area contributed by atoms with Gasteiger partial charge in [-0.2, -0.15) is 0 Å². The monoisotopic (exact) mass is 475 g/mol. The van der Waals surface area contributed by atoms with Crippen molar-refractivity contribution in [2.75, 3.05) is 18.4 Å². The largest absolute Gasteiger partial charge is 0.386 e. The fourth-order valence-electron chi connectivity index (χ4n) is 4.64.